The topological polar surface area (TPSA) is 106 Å². The number of aryl methyl sites for hydroxylation is 1. The summed E-state index contributed by atoms with van der Waals surface area (Å²) in [6.45, 7) is 11.2. The minimum Gasteiger partial charge on any atom is -0.501 e. The molecule has 32 heavy (non-hydrogen) atoms. The number of methoxy groups -OCH3 is 2. The summed E-state index contributed by atoms with van der Waals surface area (Å²) in [4.78, 5) is 23.7. The van der Waals surface area contributed by atoms with Crippen LogP contribution in [0.15, 0.2) is 41.7 Å². The number of hydrogen-bond donors (Lipinski definition) is 0. The van der Waals surface area contributed by atoms with Crippen LogP contribution in [0.25, 0.3) is 5.57 Å². The van der Waals surface area contributed by atoms with Crippen LogP contribution in [0.1, 0.15) is 48.1 Å². The van der Waals surface area contributed by atoms with Crippen molar-refractivity contribution in [2.24, 2.45) is 4.99 Å². The molecule has 1 aliphatic heterocycles. The van der Waals surface area contributed by atoms with Crippen LogP contribution >= 0.6 is 0 Å². The maximum Gasteiger partial charge on any atom is 0.260 e. The molecular weight excluding hydrogens is 408 g/mol. The Hall–Kier alpha value is -3.93. The van der Waals surface area contributed by atoms with Crippen molar-refractivity contribution in [2.75, 3.05) is 19.1 Å². The molecule has 0 N–H and O–H groups in total. The lowest BCUT2D eigenvalue weighted by Gasteiger charge is -2.16. The van der Waals surface area contributed by atoms with Gasteiger partial charge in [-0.05, 0) is 45.9 Å². The normalized spacial score (nSPS) is 14.3. The number of pyridine rings is 1. The lowest BCUT2D eigenvalue weighted by molar-refractivity contribution is 0.0996. The minimum absolute atomic E-state index is 0.152. The van der Waals surface area contributed by atoms with Crippen LogP contribution in [-0.4, -0.2) is 41.1 Å². The predicted octanol–water partition coefficient (Wildman–Crippen LogP) is 3.57. The van der Waals surface area contributed by atoms with E-state index in [-0.39, 0.29) is 11.8 Å². The highest BCUT2D eigenvalue weighted by molar-refractivity contribution is 6.12. The SMILES string of the molecule is C=C(N=C/C(=C(\C)OC)c1cc(C)c2c(n1)CN(c1cnn(C(C)(C)C#N)c1)C2=O)OC. The zero-order valence-corrected chi connectivity index (χ0v) is 19.1. The molecule has 2 aromatic rings. The molecule has 1 aliphatic rings. The molecule has 0 spiro atoms. The summed E-state index contributed by atoms with van der Waals surface area (Å²) < 4.78 is 12.0. The van der Waals surface area contributed by atoms with E-state index in [9.17, 15) is 10.1 Å². The highest BCUT2D eigenvalue weighted by Crippen LogP contribution is 2.32. The van der Waals surface area contributed by atoms with E-state index in [1.807, 2.05) is 19.9 Å². The molecule has 3 rings (SSSR count). The van der Waals surface area contributed by atoms with Crippen LogP contribution in [0.3, 0.4) is 0 Å². The summed E-state index contributed by atoms with van der Waals surface area (Å²) in [5.74, 6) is 0.718. The number of fused-ring (bicyclic) bond motifs is 1. The molecule has 9 nitrogen and oxygen atoms in total. The van der Waals surface area contributed by atoms with Crippen molar-refractivity contribution in [1.29, 1.82) is 5.26 Å². The van der Waals surface area contributed by atoms with Gasteiger partial charge in [0.2, 0.25) is 5.88 Å². The molecule has 0 aliphatic carbocycles. The number of hydrogen-bond acceptors (Lipinski definition) is 7. The molecule has 166 valence electrons. The van der Waals surface area contributed by atoms with Crippen molar-refractivity contribution >= 4 is 23.4 Å². The fourth-order valence-electron chi connectivity index (χ4n) is 3.29. The number of amides is 1. The van der Waals surface area contributed by atoms with Gasteiger partial charge in [-0.25, -0.2) is 9.98 Å². The Kier molecular flexibility index (Phi) is 6.16. The van der Waals surface area contributed by atoms with Gasteiger partial charge in [0.05, 0.1) is 67.4 Å². The van der Waals surface area contributed by atoms with E-state index in [0.717, 1.165) is 5.56 Å². The number of carbonyl (C=O) groups excluding carboxylic acids is 1. The van der Waals surface area contributed by atoms with Crippen molar-refractivity contribution < 1.29 is 14.3 Å². The van der Waals surface area contributed by atoms with E-state index in [1.54, 1.807) is 49.1 Å². The first-order valence-electron chi connectivity index (χ1n) is 9.94. The summed E-state index contributed by atoms with van der Waals surface area (Å²) in [6.07, 6.45) is 4.87. The number of ether oxygens (including phenoxy) is 2. The van der Waals surface area contributed by atoms with E-state index in [0.29, 0.717) is 40.5 Å². The number of aliphatic imine (C=N–C) groups is 1. The van der Waals surface area contributed by atoms with Gasteiger partial charge in [0.25, 0.3) is 5.91 Å². The van der Waals surface area contributed by atoms with Crippen LogP contribution in [0, 0.1) is 18.3 Å². The molecule has 0 fully saturated rings. The Morgan fingerprint density at radius 1 is 1.38 bits per heavy atom. The quantitative estimate of drug-likeness (QED) is 0.487. The zero-order valence-electron chi connectivity index (χ0n) is 19.1. The van der Waals surface area contributed by atoms with Crippen molar-refractivity contribution in [1.82, 2.24) is 14.8 Å². The highest BCUT2D eigenvalue weighted by Gasteiger charge is 2.33. The largest absolute Gasteiger partial charge is 0.501 e. The summed E-state index contributed by atoms with van der Waals surface area (Å²) in [5.41, 5.74) is 3.08. The standard InChI is InChI=1S/C23H26N6O3/c1-14-8-19(18(15(2)31-6)10-25-16(3)32-7)27-20-12-28(22(30)21(14)20)17-9-26-29(11-17)23(4,5)13-24/h8-11H,3,12H2,1-2,4-7H3/b18-15-,25-10?. The van der Waals surface area contributed by atoms with Crippen molar-refractivity contribution in [3.05, 3.63) is 59.2 Å². The van der Waals surface area contributed by atoms with Gasteiger partial charge in [0.1, 0.15) is 11.3 Å². The number of allylic oxidation sites excluding steroid dienone is 2. The first-order valence-corrected chi connectivity index (χ1v) is 9.94. The lowest BCUT2D eigenvalue weighted by Crippen LogP contribution is -2.25. The molecule has 9 heteroatoms. The first kappa shape index (κ1) is 22.7. The number of anilines is 1. The molecule has 3 heterocycles. The monoisotopic (exact) mass is 434 g/mol. The van der Waals surface area contributed by atoms with Gasteiger partial charge in [-0.15, -0.1) is 0 Å². The van der Waals surface area contributed by atoms with Gasteiger partial charge in [-0.3, -0.25) is 14.4 Å². The number of nitrogens with zero attached hydrogens (tertiary/aromatic N) is 6. The molecule has 2 aromatic heterocycles. The Morgan fingerprint density at radius 3 is 2.72 bits per heavy atom. The van der Waals surface area contributed by atoms with Crippen LogP contribution in [0.4, 0.5) is 5.69 Å². The lowest BCUT2D eigenvalue weighted by atomic mass is 10.0. The molecule has 0 atom stereocenters. The number of nitriles is 1. The third kappa shape index (κ3) is 4.12. The fourth-order valence-corrected chi connectivity index (χ4v) is 3.29. The Bertz CT molecular complexity index is 1180. The number of rotatable bonds is 7. The summed E-state index contributed by atoms with van der Waals surface area (Å²) in [5, 5.41) is 13.6. The Morgan fingerprint density at radius 2 is 2.09 bits per heavy atom. The van der Waals surface area contributed by atoms with Crippen molar-refractivity contribution in [3.8, 4) is 6.07 Å². The zero-order chi connectivity index (χ0) is 23.6. The highest BCUT2D eigenvalue weighted by atomic mass is 16.5. The Labute approximate surface area is 187 Å². The van der Waals surface area contributed by atoms with E-state index in [1.165, 1.54) is 7.11 Å². The number of aromatic nitrogens is 3. The molecule has 0 saturated heterocycles. The van der Waals surface area contributed by atoms with Crippen LogP contribution in [0.5, 0.6) is 0 Å². The van der Waals surface area contributed by atoms with Gasteiger partial charge in [-0.2, -0.15) is 10.4 Å². The third-order valence-corrected chi connectivity index (χ3v) is 5.32. The fraction of sp³-hybridized carbons (Fsp3) is 0.348. The second kappa shape index (κ2) is 8.67. The summed E-state index contributed by atoms with van der Waals surface area (Å²) in [7, 11) is 3.06. The van der Waals surface area contributed by atoms with Gasteiger partial charge in [0, 0.05) is 6.21 Å². The van der Waals surface area contributed by atoms with E-state index in [2.05, 4.69) is 22.7 Å². The van der Waals surface area contributed by atoms with Crippen molar-refractivity contribution in [2.45, 2.75) is 39.8 Å². The van der Waals surface area contributed by atoms with Gasteiger partial charge < -0.3 is 9.47 Å². The van der Waals surface area contributed by atoms with E-state index < -0.39 is 5.54 Å². The second-order valence-corrected chi connectivity index (χ2v) is 7.88. The minimum atomic E-state index is -0.821. The molecule has 0 bridgehead atoms. The molecule has 0 saturated carbocycles. The predicted molar refractivity (Wildman–Crippen MR) is 121 cm³/mol. The summed E-state index contributed by atoms with van der Waals surface area (Å²) >= 11 is 0. The summed E-state index contributed by atoms with van der Waals surface area (Å²) in [6, 6.07) is 4.03. The first-order chi connectivity index (χ1) is 15.1. The molecule has 0 aromatic carbocycles. The number of carbonyl (C=O) groups is 1. The molecular formula is C23H26N6O3. The molecule has 0 radical (unpaired) electrons. The van der Waals surface area contributed by atoms with Crippen LogP contribution in [-0.2, 0) is 21.6 Å². The molecule has 1 amide bonds. The average molecular weight is 435 g/mol. The van der Waals surface area contributed by atoms with Gasteiger partial charge >= 0.3 is 0 Å². The van der Waals surface area contributed by atoms with Crippen LogP contribution in [0.2, 0.25) is 0 Å². The second-order valence-electron chi connectivity index (χ2n) is 7.88. The average Bonchev–Trinajstić information content (AvgIpc) is 3.39. The van der Waals surface area contributed by atoms with E-state index in [4.69, 9.17) is 14.5 Å². The maximum atomic E-state index is 13.2. The van der Waals surface area contributed by atoms with Gasteiger partial charge in [-0.1, -0.05) is 0 Å². The Balaban J connectivity index is 2.00. The smallest absolute Gasteiger partial charge is 0.260 e. The van der Waals surface area contributed by atoms with Crippen LogP contribution < -0.4 is 4.90 Å². The van der Waals surface area contributed by atoms with Gasteiger partial charge in [0.15, 0.2) is 0 Å². The van der Waals surface area contributed by atoms with E-state index >= 15 is 0 Å². The maximum absolute atomic E-state index is 13.2. The third-order valence-electron chi connectivity index (χ3n) is 5.32. The molecule has 0 unspecified atom stereocenters. The van der Waals surface area contributed by atoms with Crippen molar-refractivity contribution in [3.63, 3.8) is 0 Å².